The van der Waals surface area contributed by atoms with Crippen molar-refractivity contribution < 1.29 is 14.8 Å². The zero-order valence-corrected chi connectivity index (χ0v) is 11.0. The monoisotopic (exact) mass is 277 g/mol. The summed E-state index contributed by atoms with van der Waals surface area (Å²) in [5, 5.41) is 29.0. The number of nitro groups is 1. The fraction of sp³-hybridized carbons (Fsp3) is 0.462. The Morgan fingerprint density at radius 2 is 2.35 bits per heavy atom. The van der Waals surface area contributed by atoms with Crippen molar-refractivity contribution in [3.8, 4) is 6.07 Å². The van der Waals surface area contributed by atoms with Crippen LogP contribution in [0.5, 0.6) is 0 Å². The van der Waals surface area contributed by atoms with Crippen LogP contribution in [0.15, 0.2) is 18.2 Å². The molecule has 7 nitrogen and oxygen atoms in total. The standard InChI is InChI=1S/C13H15N3O4/c1-9-6-15(7-12(8-17)20-9)11-2-3-13(16(18)19)10(4-11)5-14/h2-4,9,12,17H,6-8H2,1H3. The fourth-order valence-electron chi connectivity index (χ4n) is 2.33. The van der Waals surface area contributed by atoms with Crippen LogP contribution < -0.4 is 4.90 Å². The van der Waals surface area contributed by atoms with E-state index in [2.05, 4.69) is 0 Å². The number of nitriles is 1. The highest BCUT2D eigenvalue weighted by Gasteiger charge is 2.26. The average Bonchev–Trinajstić information content (AvgIpc) is 2.45. The molecule has 20 heavy (non-hydrogen) atoms. The Kier molecular flexibility index (Phi) is 4.17. The third-order valence-corrected chi connectivity index (χ3v) is 3.19. The Balaban J connectivity index is 2.29. The summed E-state index contributed by atoms with van der Waals surface area (Å²) >= 11 is 0. The minimum absolute atomic E-state index is 0.0344. The quantitative estimate of drug-likeness (QED) is 0.655. The van der Waals surface area contributed by atoms with E-state index in [1.165, 1.54) is 12.1 Å². The van der Waals surface area contributed by atoms with Gasteiger partial charge in [-0.25, -0.2) is 0 Å². The molecular weight excluding hydrogens is 262 g/mol. The van der Waals surface area contributed by atoms with Gasteiger partial charge in [0.25, 0.3) is 5.69 Å². The number of rotatable bonds is 3. The fourth-order valence-corrected chi connectivity index (χ4v) is 2.33. The Hall–Kier alpha value is -2.17. The molecule has 1 aliphatic rings. The van der Waals surface area contributed by atoms with Gasteiger partial charge in [-0.3, -0.25) is 10.1 Å². The molecule has 0 saturated carbocycles. The van der Waals surface area contributed by atoms with Crippen LogP contribution in [0, 0.1) is 21.4 Å². The van der Waals surface area contributed by atoms with Gasteiger partial charge in [0.05, 0.1) is 23.7 Å². The van der Waals surface area contributed by atoms with E-state index in [1.54, 1.807) is 6.07 Å². The third-order valence-electron chi connectivity index (χ3n) is 3.19. The lowest BCUT2D eigenvalue weighted by molar-refractivity contribution is -0.385. The summed E-state index contributed by atoms with van der Waals surface area (Å²) in [4.78, 5) is 12.2. The molecule has 1 aliphatic heterocycles. The maximum atomic E-state index is 10.8. The molecule has 0 amide bonds. The SMILES string of the molecule is CC1CN(c2ccc([N+](=O)[O-])c(C#N)c2)CC(CO)O1. The summed E-state index contributed by atoms with van der Waals surface area (Å²) in [6.45, 7) is 2.91. The van der Waals surface area contributed by atoms with Crippen LogP contribution in [0.25, 0.3) is 0 Å². The van der Waals surface area contributed by atoms with Gasteiger partial charge in [-0.15, -0.1) is 0 Å². The molecule has 1 heterocycles. The van der Waals surface area contributed by atoms with Crippen LogP contribution in [0.1, 0.15) is 12.5 Å². The van der Waals surface area contributed by atoms with Crippen molar-refractivity contribution in [2.24, 2.45) is 0 Å². The van der Waals surface area contributed by atoms with E-state index in [-0.39, 0.29) is 30.1 Å². The first kappa shape index (κ1) is 14.2. The number of ether oxygens (including phenoxy) is 1. The van der Waals surface area contributed by atoms with Gasteiger partial charge in [0, 0.05) is 24.8 Å². The van der Waals surface area contributed by atoms with Gasteiger partial charge < -0.3 is 14.7 Å². The van der Waals surface area contributed by atoms with Crippen molar-refractivity contribution in [3.63, 3.8) is 0 Å². The first-order chi connectivity index (χ1) is 9.55. The predicted molar refractivity (Wildman–Crippen MR) is 71.4 cm³/mol. The molecule has 1 saturated heterocycles. The third kappa shape index (κ3) is 2.87. The molecule has 1 N–H and O–H groups in total. The van der Waals surface area contributed by atoms with E-state index in [0.29, 0.717) is 13.1 Å². The first-order valence-corrected chi connectivity index (χ1v) is 6.25. The summed E-state index contributed by atoms with van der Waals surface area (Å²) in [6, 6.07) is 6.30. The Morgan fingerprint density at radius 1 is 1.60 bits per heavy atom. The average molecular weight is 277 g/mol. The van der Waals surface area contributed by atoms with E-state index in [0.717, 1.165) is 5.69 Å². The zero-order valence-electron chi connectivity index (χ0n) is 11.0. The maximum absolute atomic E-state index is 10.8. The molecule has 2 unspecified atom stereocenters. The molecule has 1 fully saturated rings. The lowest BCUT2D eigenvalue weighted by Gasteiger charge is -2.37. The maximum Gasteiger partial charge on any atom is 0.287 e. The number of hydrogen-bond donors (Lipinski definition) is 1. The molecule has 0 spiro atoms. The topological polar surface area (TPSA) is 99.6 Å². The van der Waals surface area contributed by atoms with Gasteiger partial charge >= 0.3 is 0 Å². The second-order valence-corrected chi connectivity index (χ2v) is 4.73. The number of morpholine rings is 1. The smallest absolute Gasteiger partial charge is 0.287 e. The molecule has 2 rings (SSSR count). The predicted octanol–water partition coefficient (Wildman–Crippen LogP) is 1.05. The van der Waals surface area contributed by atoms with Crippen LogP contribution >= 0.6 is 0 Å². The molecule has 0 radical (unpaired) electrons. The molecule has 2 atom stereocenters. The van der Waals surface area contributed by atoms with Gasteiger partial charge in [-0.2, -0.15) is 5.26 Å². The van der Waals surface area contributed by atoms with Crippen molar-refractivity contribution in [1.29, 1.82) is 5.26 Å². The van der Waals surface area contributed by atoms with Crippen molar-refractivity contribution in [3.05, 3.63) is 33.9 Å². The summed E-state index contributed by atoms with van der Waals surface area (Å²) in [5.41, 5.74) is 0.559. The minimum Gasteiger partial charge on any atom is -0.394 e. The van der Waals surface area contributed by atoms with E-state index in [9.17, 15) is 15.2 Å². The van der Waals surface area contributed by atoms with E-state index in [4.69, 9.17) is 10.00 Å². The number of aliphatic hydroxyl groups is 1. The molecular formula is C13H15N3O4. The van der Waals surface area contributed by atoms with E-state index >= 15 is 0 Å². The highest BCUT2D eigenvalue weighted by Crippen LogP contribution is 2.26. The highest BCUT2D eigenvalue weighted by molar-refractivity contribution is 5.60. The number of hydrogen-bond acceptors (Lipinski definition) is 6. The van der Waals surface area contributed by atoms with Gasteiger partial charge in [-0.1, -0.05) is 0 Å². The van der Waals surface area contributed by atoms with Crippen molar-refractivity contribution in [1.82, 2.24) is 0 Å². The van der Waals surface area contributed by atoms with Gasteiger partial charge in [0.1, 0.15) is 11.6 Å². The molecule has 106 valence electrons. The van der Waals surface area contributed by atoms with E-state index in [1.807, 2.05) is 17.9 Å². The van der Waals surface area contributed by atoms with Crippen molar-refractivity contribution in [2.45, 2.75) is 19.1 Å². The normalized spacial score (nSPS) is 22.4. The largest absolute Gasteiger partial charge is 0.394 e. The van der Waals surface area contributed by atoms with Crippen LogP contribution in [0.3, 0.4) is 0 Å². The van der Waals surface area contributed by atoms with E-state index < -0.39 is 4.92 Å². The van der Waals surface area contributed by atoms with Crippen molar-refractivity contribution >= 4 is 11.4 Å². The molecule has 0 bridgehead atoms. The Labute approximate surface area is 116 Å². The molecule has 0 aromatic heterocycles. The Morgan fingerprint density at radius 3 is 2.95 bits per heavy atom. The summed E-state index contributed by atoms with van der Waals surface area (Å²) in [6.07, 6.45) is -0.346. The first-order valence-electron chi connectivity index (χ1n) is 6.25. The van der Waals surface area contributed by atoms with Crippen LogP contribution in [-0.4, -0.2) is 41.9 Å². The zero-order chi connectivity index (χ0) is 14.7. The van der Waals surface area contributed by atoms with Gasteiger partial charge in [0.2, 0.25) is 0 Å². The van der Waals surface area contributed by atoms with Crippen LogP contribution in [0.4, 0.5) is 11.4 Å². The van der Waals surface area contributed by atoms with Gasteiger partial charge in [-0.05, 0) is 19.1 Å². The Bertz CT molecular complexity index is 555. The lowest BCUT2D eigenvalue weighted by Crippen LogP contribution is -2.48. The minimum atomic E-state index is -0.569. The number of anilines is 1. The number of nitrogens with zero attached hydrogens (tertiary/aromatic N) is 3. The second-order valence-electron chi connectivity index (χ2n) is 4.73. The van der Waals surface area contributed by atoms with Crippen molar-refractivity contribution in [2.75, 3.05) is 24.6 Å². The molecule has 0 aliphatic carbocycles. The summed E-state index contributed by atoms with van der Waals surface area (Å²) in [5.74, 6) is 0. The number of aliphatic hydroxyl groups excluding tert-OH is 1. The summed E-state index contributed by atoms with van der Waals surface area (Å²) < 4.78 is 5.54. The van der Waals surface area contributed by atoms with Crippen LogP contribution in [-0.2, 0) is 4.74 Å². The number of benzene rings is 1. The number of nitro benzene ring substituents is 1. The molecule has 1 aromatic rings. The molecule has 1 aromatic carbocycles. The molecule has 7 heteroatoms. The van der Waals surface area contributed by atoms with Crippen LogP contribution in [0.2, 0.25) is 0 Å². The highest BCUT2D eigenvalue weighted by atomic mass is 16.6. The second kappa shape index (κ2) is 5.86. The van der Waals surface area contributed by atoms with Gasteiger partial charge in [0.15, 0.2) is 0 Å². The summed E-state index contributed by atoms with van der Waals surface area (Å²) in [7, 11) is 0. The lowest BCUT2D eigenvalue weighted by atomic mass is 10.1.